The summed E-state index contributed by atoms with van der Waals surface area (Å²) in [7, 11) is 1.95. The van der Waals surface area contributed by atoms with E-state index < -0.39 is 5.97 Å². The second-order valence-electron chi connectivity index (χ2n) is 5.36. The van der Waals surface area contributed by atoms with Gasteiger partial charge in [0, 0.05) is 19.7 Å². The highest BCUT2D eigenvalue weighted by atomic mass is 16.4. The van der Waals surface area contributed by atoms with Crippen LogP contribution in [0.2, 0.25) is 0 Å². The maximum Gasteiger partial charge on any atom is 0.303 e. The van der Waals surface area contributed by atoms with Crippen LogP contribution in [0.4, 0.5) is 0 Å². The maximum atomic E-state index is 10.8. The Bertz CT molecular complexity index is 587. The molecule has 0 amide bonds. The molecule has 0 aliphatic carbocycles. The summed E-state index contributed by atoms with van der Waals surface area (Å²) in [5.41, 5.74) is 1.56. The van der Waals surface area contributed by atoms with Crippen molar-refractivity contribution in [2.24, 2.45) is 12.5 Å². The Hall–Kier alpha value is -1.91. The largest absolute Gasteiger partial charge is 0.481 e. The molecule has 5 nitrogen and oxygen atoms in total. The van der Waals surface area contributed by atoms with Gasteiger partial charge in [0.05, 0.1) is 18.1 Å². The normalized spacial score (nSPS) is 11.9. The van der Waals surface area contributed by atoms with Crippen molar-refractivity contribution < 1.29 is 9.90 Å². The molecule has 1 N–H and O–H groups in total. The number of carboxylic acids is 1. The third kappa shape index (κ3) is 2.50. The van der Waals surface area contributed by atoms with E-state index in [4.69, 9.17) is 5.11 Å². The SMILES string of the molecule is Cn1c(CC(C)(C)CC(=O)O)nc2cnccc21. The molecule has 2 rings (SSSR count). The molecular weight excluding hydrogens is 230 g/mol. The van der Waals surface area contributed by atoms with Crippen LogP contribution < -0.4 is 0 Å². The second kappa shape index (κ2) is 4.40. The number of aliphatic carboxylic acids is 1. The average molecular weight is 247 g/mol. The lowest BCUT2D eigenvalue weighted by atomic mass is 9.85. The van der Waals surface area contributed by atoms with Gasteiger partial charge in [-0.1, -0.05) is 13.8 Å². The third-order valence-electron chi connectivity index (χ3n) is 3.04. The summed E-state index contributed by atoms with van der Waals surface area (Å²) >= 11 is 0. The minimum absolute atomic E-state index is 0.133. The number of rotatable bonds is 4. The number of aromatic nitrogens is 3. The minimum atomic E-state index is -0.777. The van der Waals surface area contributed by atoms with Crippen molar-refractivity contribution in [3.8, 4) is 0 Å². The summed E-state index contributed by atoms with van der Waals surface area (Å²) in [5, 5.41) is 8.90. The molecule has 5 heteroatoms. The van der Waals surface area contributed by atoms with Crippen molar-refractivity contribution in [3.63, 3.8) is 0 Å². The number of nitrogens with zero attached hydrogens (tertiary/aromatic N) is 3. The van der Waals surface area contributed by atoms with Crippen LogP contribution in [0.15, 0.2) is 18.5 Å². The molecule has 0 radical (unpaired) electrons. The minimum Gasteiger partial charge on any atom is -0.481 e. The molecule has 0 fully saturated rings. The zero-order valence-corrected chi connectivity index (χ0v) is 10.8. The van der Waals surface area contributed by atoms with Crippen molar-refractivity contribution >= 4 is 17.0 Å². The Kier molecular flexibility index (Phi) is 3.07. The fourth-order valence-electron chi connectivity index (χ4n) is 2.16. The van der Waals surface area contributed by atoms with Gasteiger partial charge in [-0.2, -0.15) is 0 Å². The molecule has 0 aromatic carbocycles. The number of carbonyl (C=O) groups is 1. The summed E-state index contributed by atoms with van der Waals surface area (Å²) in [6.07, 6.45) is 4.22. The fourth-order valence-corrected chi connectivity index (χ4v) is 2.16. The van der Waals surface area contributed by atoms with Crippen LogP contribution in [0.1, 0.15) is 26.1 Å². The number of hydrogen-bond donors (Lipinski definition) is 1. The molecule has 0 atom stereocenters. The summed E-state index contributed by atoms with van der Waals surface area (Å²) in [6.45, 7) is 3.89. The van der Waals surface area contributed by atoms with Crippen molar-refractivity contribution in [2.75, 3.05) is 0 Å². The van der Waals surface area contributed by atoms with Gasteiger partial charge in [-0.3, -0.25) is 9.78 Å². The van der Waals surface area contributed by atoms with Gasteiger partial charge in [0.15, 0.2) is 0 Å². The van der Waals surface area contributed by atoms with Crippen molar-refractivity contribution in [3.05, 3.63) is 24.3 Å². The summed E-state index contributed by atoms with van der Waals surface area (Å²) in [4.78, 5) is 19.4. The van der Waals surface area contributed by atoms with E-state index in [1.807, 2.05) is 31.5 Å². The van der Waals surface area contributed by atoms with E-state index in [-0.39, 0.29) is 11.8 Å². The molecule has 2 heterocycles. The van der Waals surface area contributed by atoms with E-state index in [2.05, 4.69) is 9.97 Å². The van der Waals surface area contributed by atoms with Crippen LogP contribution in [-0.2, 0) is 18.3 Å². The van der Waals surface area contributed by atoms with Crippen molar-refractivity contribution in [1.29, 1.82) is 0 Å². The van der Waals surface area contributed by atoms with Gasteiger partial charge in [0.1, 0.15) is 11.3 Å². The van der Waals surface area contributed by atoms with Gasteiger partial charge in [-0.15, -0.1) is 0 Å². The number of pyridine rings is 1. The predicted octanol–water partition coefficient (Wildman–Crippen LogP) is 2.01. The Morgan fingerprint density at radius 1 is 1.50 bits per heavy atom. The fraction of sp³-hybridized carbons (Fsp3) is 0.462. The number of fused-ring (bicyclic) bond motifs is 1. The highest BCUT2D eigenvalue weighted by Gasteiger charge is 2.24. The first-order valence-electron chi connectivity index (χ1n) is 5.86. The topological polar surface area (TPSA) is 68.0 Å². The standard InChI is InChI=1S/C13H17N3O2/c1-13(2,7-12(17)18)6-11-15-9-8-14-5-4-10(9)16(11)3/h4-5,8H,6-7H2,1-3H3,(H,17,18). The zero-order chi connectivity index (χ0) is 13.3. The molecule has 0 bridgehead atoms. The highest BCUT2D eigenvalue weighted by molar-refractivity contribution is 5.74. The Labute approximate surface area is 105 Å². The number of imidazole rings is 1. The van der Waals surface area contributed by atoms with E-state index in [1.54, 1.807) is 12.4 Å². The first-order chi connectivity index (χ1) is 8.39. The van der Waals surface area contributed by atoms with E-state index in [9.17, 15) is 4.79 Å². The van der Waals surface area contributed by atoms with Crippen LogP contribution in [0.3, 0.4) is 0 Å². The third-order valence-corrected chi connectivity index (χ3v) is 3.04. The quantitative estimate of drug-likeness (QED) is 0.897. The molecular formula is C13H17N3O2. The second-order valence-corrected chi connectivity index (χ2v) is 5.36. The summed E-state index contributed by atoms with van der Waals surface area (Å²) in [5.74, 6) is 0.115. The van der Waals surface area contributed by atoms with Gasteiger partial charge in [-0.05, 0) is 11.5 Å². The first-order valence-corrected chi connectivity index (χ1v) is 5.86. The van der Waals surface area contributed by atoms with E-state index in [0.29, 0.717) is 6.42 Å². The monoisotopic (exact) mass is 247 g/mol. The molecule has 0 saturated carbocycles. The molecule has 0 aliphatic rings. The molecule has 18 heavy (non-hydrogen) atoms. The first kappa shape index (κ1) is 12.5. The lowest BCUT2D eigenvalue weighted by Gasteiger charge is -2.21. The van der Waals surface area contributed by atoms with Crippen LogP contribution in [0, 0.1) is 5.41 Å². The molecule has 2 aromatic rings. The Morgan fingerprint density at radius 2 is 2.22 bits per heavy atom. The van der Waals surface area contributed by atoms with Crippen LogP contribution in [0.5, 0.6) is 0 Å². The van der Waals surface area contributed by atoms with Gasteiger partial charge in [-0.25, -0.2) is 4.98 Å². The molecule has 0 unspecified atom stereocenters. The van der Waals surface area contributed by atoms with Crippen LogP contribution >= 0.6 is 0 Å². The Morgan fingerprint density at radius 3 is 2.83 bits per heavy atom. The van der Waals surface area contributed by atoms with Crippen LogP contribution in [-0.4, -0.2) is 25.6 Å². The number of carboxylic acid groups (broad SMARTS) is 1. The molecule has 96 valence electrons. The number of aryl methyl sites for hydroxylation is 1. The van der Waals surface area contributed by atoms with Gasteiger partial charge in [0.25, 0.3) is 0 Å². The zero-order valence-electron chi connectivity index (χ0n) is 10.8. The number of hydrogen-bond acceptors (Lipinski definition) is 3. The lowest BCUT2D eigenvalue weighted by Crippen LogP contribution is -2.21. The van der Waals surface area contributed by atoms with Crippen molar-refractivity contribution in [2.45, 2.75) is 26.7 Å². The highest BCUT2D eigenvalue weighted by Crippen LogP contribution is 2.26. The maximum absolute atomic E-state index is 10.8. The summed E-state index contributed by atoms with van der Waals surface area (Å²) < 4.78 is 2.00. The van der Waals surface area contributed by atoms with Gasteiger partial charge in [0.2, 0.25) is 0 Å². The van der Waals surface area contributed by atoms with E-state index in [0.717, 1.165) is 16.9 Å². The molecule has 0 saturated heterocycles. The molecule has 0 aliphatic heterocycles. The van der Waals surface area contributed by atoms with Crippen molar-refractivity contribution in [1.82, 2.24) is 14.5 Å². The van der Waals surface area contributed by atoms with E-state index >= 15 is 0 Å². The van der Waals surface area contributed by atoms with Crippen LogP contribution in [0.25, 0.3) is 11.0 Å². The lowest BCUT2D eigenvalue weighted by molar-refractivity contribution is -0.139. The Balaban J connectivity index is 2.32. The van der Waals surface area contributed by atoms with E-state index in [1.165, 1.54) is 0 Å². The summed E-state index contributed by atoms with van der Waals surface area (Å²) in [6, 6.07) is 1.91. The molecule has 2 aromatic heterocycles. The van der Waals surface area contributed by atoms with Gasteiger partial charge < -0.3 is 9.67 Å². The smallest absolute Gasteiger partial charge is 0.303 e. The average Bonchev–Trinajstić information content (AvgIpc) is 2.54. The van der Waals surface area contributed by atoms with Gasteiger partial charge >= 0.3 is 5.97 Å². The predicted molar refractivity (Wildman–Crippen MR) is 68.2 cm³/mol. The molecule has 0 spiro atoms.